The van der Waals surface area contributed by atoms with Gasteiger partial charge in [0.2, 0.25) is 5.91 Å². The van der Waals surface area contributed by atoms with Crippen molar-refractivity contribution in [1.82, 2.24) is 29.5 Å². The predicted octanol–water partition coefficient (Wildman–Crippen LogP) is 2.48. The minimum absolute atomic E-state index is 0.0265. The lowest BCUT2D eigenvalue weighted by Gasteiger charge is -2.17. The predicted molar refractivity (Wildman–Crippen MR) is 114 cm³/mol. The summed E-state index contributed by atoms with van der Waals surface area (Å²) in [7, 11) is 1.72. The normalized spacial score (nSPS) is 11.3. The number of carbonyl (C=O) groups is 1. The van der Waals surface area contributed by atoms with Gasteiger partial charge in [0, 0.05) is 30.9 Å². The molecule has 0 radical (unpaired) electrons. The third-order valence-electron chi connectivity index (χ3n) is 5.35. The number of nitrogens with one attached hydrogen (secondary N) is 1. The van der Waals surface area contributed by atoms with Gasteiger partial charge in [0.05, 0.1) is 23.1 Å². The van der Waals surface area contributed by atoms with Crippen LogP contribution in [0.1, 0.15) is 34.9 Å². The first kappa shape index (κ1) is 19.8. The number of aryl methyl sites for hydroxylation is 3. The Balaban J connectivity index is 1.48. The Labute approximate surface area is 173 Å². The van der Waals surface area contributed by atoms with E-state index in [-0.39, 0.29) is 18.0 Å². The summed E-state index contributed by atoms with van der Waals surface area (Å²) in [5, 5.41) is 5.02. The summed E-state index contributed by atoms with van der Waals surface area (Å²) < 4.78 is 1.83. The largest absolute Gasteiger partial charge is 0.338 e. The number of nitrogens with zero attached hydrogens (tertiary/aromatic N) is 5. The zero-order chi connectivity index (χ0) is 21.4. The molecule has 1 aromatic carbocycles. The number of aromatic amines is 1. The molecule has 4 aromatic rings. The molecule has 8 nitrogen and oxygen atoms in total. The monoisotopic (exact) mass is 404 g/mol. The summed E-state index contributed by atoms with van der Waals surface area (Å²) >= 11 is 0. The van der Waals surface area contributed by atoms with Crippen molar-refractivity contribution in [1.29, 1.82) is 0 Å². The average Bonchev–Trinajstić information content (AvgIpc) is 3.08. The van der Waals surface area contributed by atoms with Crippen LogP contribution >= 0.6 is 0 Å². The van der Waals surface area contributed by atoms with Gasteiger partial charge in [-0.2, -0.15) is 5.10 Å². The average molecular weight is 404 g/mol. The van der Waals surface area contributed by atoms with Gasteiger partial charge >= 0.3 is 0 Å². The van der Waals surface area contributed by atoms with Crippen LogP contribution in [-0.4, -0.2) is 42.4 Å². The fourth-order valence-corrected chi connectivity index (χ4v) is 3.75. The van der Waals surface area contributed by atoms with E-state index in [1.807, 2.05) is 37.4 Å². The standard InChI is InChI=1S/C22H24N6O2/c1-13-11-20-23-14(2)16(15(3)28(20)26-13)9-10-21(29)27(4)12-19-24-18-8-6-5-7-17(18)22(30)25-19/h5-8,11H,9-10,12H2,1-4H3,(H,24,25,30). The summed E-state index contributed by atoms with van der Waals surface area (Å²) in [6.07, 6.45) is 0.911. The molecule has 0 aliphatic rings. The van der Waals surface area contributed by atoms with E-state index in [1.165, 1.54) is 0 Å². The van der Waals surface area contributed by atoms with Gasteiger partial charge in [0.15, 0.2) is 5.65 Å². The number of hydrogen-bond donors (Lipinski definition) is 1. The zero-order valence-electron chi connectivity index (χ0n) is 17.6. The van der Waals surface area contributed by atoms with Crippen LogP contribution < -0.4 is 5.56 Å². The summed E-state index contributed by atoms with van der Waals surface area (Å²) in [5.41, 5.74) is 5.10. The first-order valence-electron chi connectivity index (χ1n) is 9.88. The van der Waals surface area contributed by atoms with Gasteiger partial charge in [-0.1, -0.05) is 12.1 Å². The van der Waals surface area contributed by atoms with Gasteiger partial charge < -0.3 is 9.88 Å². The van der Waals surface area contributed by atoms with E-state index in [2.05, 4.69) is 20.1 Å². The molecule has 1 N–H and O–H groups in total. The number of carbonyl (C=O) groups excluding carboxylic acids is 1. The maximum absolute atomic E-state index is 12.7. The molecule has 0 saturated carbocycles. The number of amides is 1. The molecule has 154 valence electrons. The third-order valence-corrected chi connectivity index (χ3v) is 5.35. The topological polar surface area (TPSA) is 96.2 Å². The summed E-state index contributed by atoms with van der Waals surface area (Å²) in [6.45, 7) is 6.14. The quantitative estimate of drug-likeness (QED) is 0.551. The van der Waals surface area contributed by atoms with Gasteiger partial charge in [-0.25, -0.2) is 14.5 Å². The van der Waals surface area contributed by atoms with Crippen LogP contribution in [0, 0.1) is 20.8 Å². The molecule has 30 heavy (non-hydrogen) atoms. The lowest BCUT2D eigenvalue weighted by molar-refractivity contribution is -0.130. The molecule has 0 atom stereocenters. The highest BCUT2D eigenvalue weighted by atomic mass is 16.2. The van der Waals surface area contributed by atoms with Crippen molar-refractivity contribution in [3.05, 3.63) is 69.2 Å². The van der Waals surface area contributed by atoms with E-state index in [9.17, 15) is 9.59 Å². The Morgan fingerprint density at radius 1 is 1.17 bits per heavy atom. The number of fused-ring (bicyclic) bond motifs is 2. The molecule has 8 heteroatoms. The molecule has 0 unspecified atom stereocenters. The van der Waals surface area contributed by atoms with Gasteiger partial charge in [-0.3, -0.25) is 9.59 Å². The second-order valence-electron chi connectivity index (χ2n) is 7.60. The Bertz CT molecular complexity index is 1320. The van der Waals surface area contributed by atoms with Crippen molar-refractivity contribution >= 4 is 22.5 Å². The van der Waals surface area contributed by atoms with Crippen LogP contribution in [0.25, 0.3) is 16.6 Å². The van der Waals surface area contributed by atoms with Crippen LogP contribution in [0.15, 0.2) is 35.1 Å². The molecular weight excluding hydrogens is 380 g/mol. The molecule has 4 rings (SSSR count). The zero-order valence-corrected chi connectivity index (χ0v) is 17.6. The van der Waals surface area contributed by atoms with Crippen LogP contribution in [0.5, 0.6) is 0 Å². The summed E-state index contributed by atoms with van der Waals surface area (Å²) in [4.78, 5) is 38.4. The van der Waals surface area contributed by atoms with E-state index in [0.717, 1.165) is 28.3 Å². The van der Waals surface area contributed by atoms with E-state index in [0.29, 0.717) is 29.6 Å². The minimum atomic E-state index is -0.198. The van der Waals surface area contributed by atoms with E-state index in [4.69, 9.17) is 0 Å². The van der Waals surface area contributed by atoms with Gasteiger partial charge in [-0.05, 0) is 44.9 Å². The molecule has 0 spiro atoms. The summed E-state index contributed by atoms with van der Waals surface area (Å²) in [6, 6.07) is 9.11. The van der Waals surface area contributed by atoms with Gasteiger partial charge in [-0.15, -0.1) is 0 Å². The lowest BCUT2D eigenvalue weighted by Crippen LogP contribution is -2.28. The number of aromatic nitrogens is 5. The number of benzene rings is 1. The molecule has 0 saturated heterocycles. The number of hydrogen-bond acceptors (Lipinski definition) is 5. The Morgan fingerprint density at radius 3 is 2.73 bits per heavy atom. The smallest absolute Gasteiger partial charge is 0.258 e. The van der Waals surface area contributed by atoms with E-state index < -0.39 is 0 Å². The van der Waals surface area contributed by atoms with Gasteiger partial charge in [0.1, 0.15) is 5.82 Å². The Hall–Kier alpha value is -3.55. The molecule has 3 heterocycles. The number of H-pyrrole nitrogens is 1. The Kier molecular flexibility index (Phi) is 5.07. The van der Waals surface area contributed by atoms with Crippen LogP contribution in [-0.2, 0) is 17.8 Å². The van der Waals surface area contributed by atoms with Crippen LogP contribution in [0.3, 0.4) is 0 Å². The first-order valence-corrected chi connectivity index (χ1v) is 9.88. The molecule has 3 aromatic heterocycles. The fraction of sp³-hybridized carbons (Fsp3) is 0.318. The van der Waals surface area contributed by atoms with Crippen molar-refractivity contribution in [3.8, 4) is 0 Å². The number of para-hydroxylation sites is 1. The van der Waals surface area contributed by atoms with Crippen LogP contribution in [0.4, 0.5) is 0 Å². The molecule has 0 aliphatic carbocycles. The molecule has 0 fully saturated rings. The Morgan fingerprint density at radius 2 is 1.93 bits per heavy atom. The highest BCUT2D eigenvalue weighted by molar-refractivity contribution is 5.78. The van der Waals surface area contributed by atoms with Crippen molar-refractivity contribution in [2.45, 2.75) is 40.2 Å². The highest BCUT2D eigenvalue weighted by Gasteiger charge is 2.16. The third kappa shape index (κ3) is 3.68. The second-order valence-corrected chi connectivity index (χ2v) is 7.60. The molecule has 0 aliphatic heterocycles. The maximum Gasteiger partial charge on any atom is 0.258 e. The number of rotatable bonds is 5. The highest BCUT2D eigenvalue weighted by Crippen LogP contribution is 2.17. The molecule has 0 bridgehead atoms. The van der Waals surface area contributed by atoms with Gasteiger partial charge in [0.25, 0.3) is 5.56 Å². The van der Waals surface area contributed by atoms with Crippen molar-refractivity contribution in [3.63, 3.8) is 0 Å². The van der Waals surface area contributed by atoms with Crippen molar-refractivity contribution < 1.29 is 4.79 Å². The fourth-order valence-electron chi connectivity index (χ4n) is 3.75. The maximum atomic E-state index is 12.7. The SMILES string of the molecule is Cc1cc2nc(C)c(CCC(=O)N(C)Cc3nc4ccccc4c(=O)[nH]3)c(C)n2n1. The summed E-state index contributed by atoms with van der Waals surface area (Å²) in [5.74, 6) is 0.443. The minimum Gasteiger partial charge on any atom is -0.338 e. The lowest BCUT2D eigenvalue weighted by atomic mass is 10.1. The van der Waals surface area contributed by atoms with Crippen LogP contribution in [0.2, 0.25) is 0 Å². The first-order chi connectivity index (χ1) is 14.3. The van der Waals surface area contributed by atoms with E-state index >= 15 is 0 Å². The molecular formula is C22H24N6O2. The van der Waals surface area contributed by atoms with Crippen molar-refractivity contribution in [2.24, 2.45) is 0 Å². The van der Waals surface area contributed by atoms with Crippen molar-refractivity contribution in [2.75, 3.05) is 7.05 Å². The van der Waals surface area contributed by atoms with E-state index in [1.54, 1.807) is 30.1 Å². The molecule has 1 amide bonds. The second kappa shape index (κ2) is 7.70.